The zero-order chi connectivity index (χ0) is 15.1. The predicted octanol–water partition coefficient (Wildman–Crippen LogP) is 1.75. The molecular formula is C15H23N3O2. The summed E-state index contributed by atoms with van der Waals surface area (Å²) in [6.07, 6.45) is 0.860. The van der Waals surface area contributed by atoms with Crippen molar-refractivity contribution < 1.29 is 9.59 Å². The summed E-state index contributed by atoms with van der Waals surface area (Å²) in [5.74, 6) is -0.437. The molecule has 0 fully saturated rings. The van der Waals surface area contributed by atoms with E-state index in [0.717, 1.165) is 6.42 Å². The van der Waals surface area contributed by atoms with E-state index in [4.69, 9.17) is 5.73 Å². The van der Waals surface area contributed by atoms with E-state index >= 15 is 0 Å². The summed E-state index contributed by atoms with van der Waals surface area (Å²) >= 11 is 0. The van der Waals surface area contributed by atoms with Crippen LogP contribution in [0, 0.1) is 5.92 Å². The average Bonchev–Trinajstić information content (AvgIpc) is 2.44. The minimum Gasteiger partial charge on any atom is -0.352 e. The summed E-state index contributed by atoms with van der Waals surface area (Å²) in [5.41, 5.74) is 6.74. The van der Waals surface area contributed by atoms with Crippen LogP contribution in [-0.2, 0) is 4.79 Å². The molecular weight excluding hydrogens is 254 g/mol. The molecule has 0 radical (unpaired) electrons. The van der Waals surface area contributed by atoms with Crippen molar-refractivity contribution in [1.29, 1.82) is 0 Å². The van der Waals surface area contributed by atoms with E-state index in [-0.39, 0.29) is 17.7 Å². The highest BCUT2D eigenvalue weighted by Crippen LogP contribution is 2.15. The number of para-hydroxylation sites is 1. The van der Waals surface area contributed by atoms with Crippen LogP contribution in [0.3, 0.4) is 0 Å². The van der Waals surface area contributed by atoms with Crippen LogP contribution in [-0.4, -0.2) is 24.4 Å². The Labute approximate surface area is 119 Å². The topological polar surface area (TPSA) is 84.2 Å². The van der Waals surface area contributed by atoms with Crippen LogP contribution in [0.15, 0.2) is 24.3 Å². The molecule has 1 atom stereocenters. The Hall–Kier alpha value is -1.88. The molecule has 20 heavy (non-hydrogen) atoms. The van der Waals surface area contributed by atoms with Crippen LogP contribution < -0.4 is 16.4 Å². The molecule has 5 heteroatoms. The molecule has 0 bridgehead atoms. The average molecular weight is 277 g/mol. The quantitative estimate of drug-likeness (QED) is 0.740. The van der Waals surface area contributed by atoms with Crippen molar-refractivity contribution in [2.75, 3.05) is 11.9 Å². The van der Waals surface area contributed by atoms with Gasteiger partial charge in [0.25, 0.3) is 5.91 Å². The lowest BCUT2D eigenvalue weighted by Crippen LogP contribution is -2.40. The van der Waals surface area contributed by atoms with E-state index in [1.54, 1.807) is 24.3 Å². The van der Waals surface area contributed by atoms with Gasteiger partial charge in [-0.15, -0.1) is 0 Å². The van der Waals surface area contributed by atoms with Gasteiger partial charge < -0.3 is 16.4 Å². The van der Waals surface area contributed by atoms with Gasteiger partial charge in [0.05, 0.1) is 17.3 Å². The van der Waals surface area contributed by atoms with E-state index in [9.17, 15) is 9.59 Å². The second-order valence-corrected chi connectivity index (χ2v) is 5.06. The zero-order valence-electron chi connectivity index (χ0n) is 12.3. The maximum atomic E-state index is 12.0. The summed E-state index contributed by atoms with van der Waals surface area (Å²) in [5, 5.41) is 5.52. The third-order valence-corrected chi connectivity index (χ3v) is 2.99. The Morgan fingerprint density at radius 1 is 1.25 bits per heavy atom. The summed E-state index contributed by atoms with van der Waals surface area (Å²) in [7, 11) is 0. The number of carbonyl (C=O) groups is 2. The lowest BCUT2D eigenvalue weighted by Gasteiger charge is -2.17. The highest BCUT2D eigenvalue weighted by atomic mass is 16.2. The van der Waals surface area contributed by atoms with Gasteiger partial charge in [-0.1, -0.05) is 32.9 Å². The molecule has 0 aliphatic heterocycles. The van der Waals surface area contributed by atoms with Gasteiger partial charge in [-0.25, -0.2) is 0 Å². The molecule has 1 aromatic carbocycles. The van der Waals surface area contributed by atoms with Gasteiger partial charge in [-0.3, -0.25) is 9.59 Å². The molecule has 5 nitrogen and oxygen atoms in total. The zero-order valence-corrected chi connectivity index (χ0v) is 12.3. The van der Waals surface area contributed by atoms with Crippen molar-refractivity contribution in [1.82, 2.24) is 5.32 Å². The first-order valence-corrected chi connectivity index (χ1v) is 6.91. The molecule has 0 saturated carbocycles. The SMILES string of the molecule is CCCNC(=O)c1ccccc1NC(=O)C(N)C(C)C. The highest BCUT2D eigenvalue weighted by molar-refractivity contribution is 6.04. The second-order valence-electron chi connectivity index (χ2n) is 5.06. The summed E-state index contributed by atoms with van der Waals surface area (Å²) < 4.78 is 0. The van der Waals surface area contributed by atoms with E-state index < -0.39 is 6.04 Å². The van der Waals surface area contributed by atoms with Gasteiger partial charge in [-0.05, 0) is 24.5 Å². The molecule has 1 rings (SSSR count). The fraction of sp³-hybridized carbons (Fsp3) is 0.467. The summed E-state index contributed by atoms with van der Waals surface area (Å²) in [6, 6.07) is 6.32. The third kappa shape index (κ3) is 4.35. The minimum absolute atomic E-state index is 0.0380. The van der Waals surface area contributed by atoms with Crippen LogP contribution in [0.5, 0.6) is 0 Å². The molecule has 4 N–H and O–H groups in total. The van der Waals surface area contributed by atoms with Crippen LogP contribution >= 0.6 is 0 Å². The summed E-state index contributed by atoms with van der Waals surface area (Å²) in [4.78, 5) is 24.0. The first-order chi connectivity index (χ1) is 9.47. The van der Waals surface area contributed by atoms with Gasteiger partial charge in [0.2, 0.25) is 5.91 Å². The lowest BCUT2D eigenvalue weighted by molar-refractivity contribution is -0.118. The standard InChI is InChI=1S/C15H23N3O2/c1-4-9-17-14(19)11-7-5-6-8-12(11)18-15(20)13(16)10(2)3/h5-8,10,13H,4,9,16H2,1-3H3,(H,17,19)(H,18,20). The minimum atomic E-state index is -0.596. The van der Waals surface area contributed by atoms with Crippen molar-refractivity contribution in [3.8, 4) is 0 Å². The second kappa shape index (κ2) is 7.65. The largest absolute Gasteiger partial charge is 0.352 e. The summed E-state index contributed by atoms with van der Waals surface area (Å²) in [6.45, 7) is 6.34. The number of hydrogen-bond donors (Lipinski definition) is 3. The molecule has 0 heterocycles. The first-order valence-electron chi connectivity index (χ1n) is 6.91. The van der Waals surface area contributed by atoms with E-state index in [0.29, 0.717) is 17.8 Å². The van der Waals surface area contributed by atoms with E-state index in [1.807, 2.05) is 20.8 Å². The Balaban J connectivity index is 2.85. The molecule has 1 aromatic rings. The van der Waals surface area contributed by atoms with Gasteiger partial charge in [0, 0.05) is 6.54 Å². The fourth-order valence-corrected chi connectivity index (χ4v) is 1.64. The molecule has 1 unspecified atom stereocenters. The van der Waals surface area contributed by atoms with E-state index in [1.165, 1.54) is 0 Å². The maximum absolute atomic E-state index is 12.0. The molecule has 0 spiro atoms. The van der Waals surface area contributed by atoms with Crippen molar-refractivity contribution in [2.24, 2.45) is 11.7 Å². The Bertz CT molecular complexity index is 472. The van der Waals surface area contributed by atoms with Crippen molar-refractivity contribution in [3.63, 3.8) is 0 Å². The van der Waals surface area contributed by atoms with Gasteiger partial charge in [-0.2, -0.15) is 0 Å². The third-order valence-electron chi connectivity index (χ3n) is 2.99. The maximum Gasteiger partial charge on any atom is 0.253 e. The van der Waals surface area contributed by atoms with E-state index in [2.05, 4.69) is 10.6 Å². The number of anilines is 1. The van der Waals surface area contributed by atoms with Crippen LogP contribution in [0.1, 0.15) is 37.6 Å². The molecule has 110 valence electrons. The molecule has 2 amide bonds. The van der Waals surface area contributed by atoms with Crippen molar-refractivity contribution in [2.45, 2.75) is 33.2 Å². The Kier molecular flexibility index (Phi) is 6.18. The smallest absolute Gasteiger partial charge is 0.253 e. The molecule has 0 aromatic heterocycles. The van der Waals surface area contributed by atoms with Gasteiger partial charge in [0.1, 0.15) is 0 Å². The van der Waals surface area contributed by atoms with Gasteiger partial charge >= 0.3 is 0 Å². The molecule has 0 aliphatic rings. The normalized spacial score (nSPS) is 12.1. The monoisotopic (exact) mass is 277 g/mol. The van der Waals surface area contributed by atoms with Gasteiger partial charge in [0.15, 0.2) is 0 Å². The molecule has 0 aliphatic carbocycles. The predicted molar refractivity (Wildman–Crippen MR) is 80.5 cm³/mol. The number of nitrogens with two attached hydrogens (primary N) is 1. The van der Waals surface area contributed by atoms with Crippen LogP contribution in [0.4, 0.5) is 5.69 Å². The number of carbonyl (C=O) groups excluding carboxylic acids is 2. The van der Waals surface area contributed by atoms with Crippen molar-refractivity contribution >= 4 is 17.5 Å². The number of benzene rings is 1. The first kappa shape index (κ1) is 16.2. The number of hydrogen-bond acceptors (Lipinski definition) is 3. The number of amides is 2. The Morgan fingerprint density at radius 2 is 1.90 bits per heavy atom. The highest BCUT2D eigenvalue weighted by Gasteiger charge is 2.19. The fourth-order valence-electron chi connectivity index (χ4n) is 1.64. The van der Waals surface area contributed by atoms with Crippen molar-refractivity contribution in [3.05, 3.63) is 29.8 Å². The molecule has 0 saturated heterocycles. The number of rotatable bonds is 6. The number of nitrogens with one attached hydrogen (secondary N) is 2. The Morgan fingerprint density at radius 3 is 2.50 bits per heavy atom. The lowest BCUT2D eigenvalue weighted by atomic mass is 10.0. The van der Waals surface area contributed by atoms with Crippen LogP contribution in [0.25, 0.3) is 0 Å². The van der Waals surface area contributed by atoms with Crippen LogP contribution in [0.2, 0.25) is 0 Å².